The number of hydrogen-bond acceptors (Lipinski definition) is 6. The number of aryl methyl sites for hydroxylation is 1. The Labute approximate surface area is 161 Å². The third-order valence-electron chi connectivity index (χ3n) is 4.23. The Morgan fingerprint density at radius 3 is 2.39 bits per heavy atom. The van der Waals surface area contributed by atoms with Gasteiger partial charge in [0.25, 0.3) is 0 Å². The van der Waals surface area contributed by atoms with Crippen molar-refractivity contribution in [3.8, 4) is 11.5 Å². The molecule has 9 heteroatoms. The molecule has 2 aromatic rings. The summed E-state index contributed by atoms with van der Waals surface area (Å²) in [6.07, 6.45) is 0. The average molecular weight is 396 g/mol. The number of carbonyl (C=O) groups excluding carboxylic acids is 2. The van der Waals surface area contributed by atoms with Crippen molar-refractivity contribution >= 4 is 17.4 Å². The van der Waals surface area contributed by atoms with E-state index < -0.39 is 18.6 Å². The molecule has 2 rings (SSSR count). The lowest BCUT2D eigenvalue weighted by Crippen LogP contribution is -2.27. The second kappa shape index (κ2) is 8.73. The van der Waals surface area contributed by atoms with Crippen LogP contribution in [0.15, 0.2) is 18.2 Å². The van der Waals surface area contributed by atoms with Gasteiger partial charge in [-0.05, 0) is 38.5 Å². The van der Waals surface area contributed by atoms with E-state index in [4.69, 9.17) is 9.47 Å². The van der Waals surface area contributed by atoms with Gasteiger partial charge in [-0.25, -0.2) is 4.79 Å². The summed E-state index contributed by atoms with van der Waals surface area (Å²) in [6.45, 7) is 1.93. The van der Waals surface area contributed by atoms with Gasteiger partial charge in [0, 0.05) is 17.4 Å². The average Bonchev–Trinajstić information content (AvgIpc) is 2.94. The molecule has 0 bridgehead atoms. The van der Waals surface area contributed by atoms with Crippen LogP contribution < -0.4 is 14.8 Å². The van der Waals surface area contributed by atoms with Crippen molar-refractivity contribution in [2.75, 3.05) is 19.5 Å². The Morgan fingerprint density at radius 1 is 1.14 bits per heavy atom. The monoisotopic (exact) mass is 396 g/mol. The van der Waals surface area contributed by atoms with Crippen molar-refractivity contribution in [1.29, 1.82) is 0 Å². The first-order chi connectivity index (χ1) is 13.2. The van der Waals surface area contributed by atoms with Crippen LogP contribution in [0.1, 0.15) is 39.0 Å². The van der Waals surface area contributed by atoms with Crippen LogP contribution in [0.5, 0.6) is 11.5 Å². The number of rotatable bonds is 8. The summed E-state index contributed by atoms with van der Waals surface area (Å²) in [5.74, 6) is -0.844. The molecule has 0 aliphatic rings. The number of Topliss-reactive ketones (excluding diaryl/α,β-unsaturated/α-hetero) is 1. The van der Waals surface area contributed by atoms with Crippen molar-refractivity contribution in [2.24, 2.45) is 0 Å². The van der Waals surface area contributed by atoms with Crippen molar-refractivity contribution < 1.29 is 32.6 Å². The highest BCUT2D eigenvalue weighted by molar-refractivity contribution is 6.04. The molecule has 1 unspecified atom stereocenters. The molecule has 28 heavy (non-hydrogen) atoms. The minimum absolute atomic E-state index is 0.142. The molecule has 0 fully saturated rings. The van der Waals surface area contributed by atoms with Crippen molar-refractivity contribution in [3.05, 3.63) is 40.7 Å². The Balaban J connectivity index is 2.25. The van der Waals surface area contributed by atoms with E-state index in [0.717, 1.165) is 0 Å². The maximum absolute atomic E-state index is 12.8. The second-order valence-corrected chi connectivity index (χ2v) is 6.09. The molecule has 1 aromatic heterocycles. The maximum Gasteiger partial charge on any atom is 0.387 e. The number of carbonyl (C=O) groups is 2. The van der Waals surface area contributed by atoms with E-state index in [1.54, 1.807) is 26.8 Å². The van der Waals surface area contributed by atoms with E-state index in [1.165, 1.54) is 26.4 Å². The van der Waals surface area contributed by atoms with Gasteiger partial charge in [0.2, 0.25) is 5.78 Å². The molecule has 0 radical (unpaired) electrons. The van der Waals surface area contributed by atoms with Gasteiger partial charge >= 0.3 is 12.6 Å². The molecule has 0 aliphatic carbocycles. The fraction of sp³-hybridized carbons (Fsp3) is 0.368. The molecule has 0 aliphatic heterocycles. The smallest absolute Gasteiger partial charge is 0.387 e. The quantitative estimate of drug-likeness (QED) is 0.522. The van der Waals surface area contributed by atoms with Gasteiger partial charge in [-0.1, -0.05) is 0 Å². The molecular formula is C19H22F2N2O5. The SMILES string of the molecule is COC(=O)c1c(C)[nH]c(C(=O)C(C)Nc2ccc(OC)c(OC(F)F)c2)c1C. The van der Waals surface area contributed by atoms with Crippen molar-refractivity contribution in [1.82, 2.24) is 4.98 Å². The van der Waals surface area contributed by atoms with Gasteiger partial charge in [0.05, 0.1) is 31.5 Å². The number of methoxy groups -OCH3 is 2. The largest absolute Gasteiger partial charge is 0.493 e. The number of alkyl halides is 2. The van der Waals surface area contributed by atoms with E-state index in [2.05, 4.69) is 15.0 Å². The van der Waals surface area contributed by atoms with Crippen LogP contribution in [-0.4, -0.2) is 43.6 Å². The lowest BCUT2D eigenvalue weighted by molar-refractivity contribution is -0.0511. The summed E-state index contributed by atoms with van der Waals surface area (Å²) in [4.78, 5) is 27.6. The Hall–Kier alpha value is -3.10. The predicted molar refractivity (Wildman–Crippen MR) is 98.6 cm³/mol. The highest BCUT2D eigenvalue weighted by Crippen LogP contribution is 2.32. The van der Waals surface area contributed by atoms with E-state index in [0.29, 0.717) is 22.5 Å². The first-order valence-electron chi connectivity index (χ1n) is 8.40. The molecule has 1 aromatic carbocycles. The minimum Gasteiger partial charge on any atom is -0.493 e. The zero-order chi connectivity index (χ0) is 21.0. The number of nitrogens with one attached hydrogen (secondary N) is 2. The number of H-pyrrole nitrogens is 1. The molecule has 0 amide bonds. The highest BCUT2D eigenvalue weighted by atomic mass is 19.3. The van der Waals surface area contributed by atoms with Crippen LogP contribution in [0.2, 0.25) is 0 Å². The zero-order valence-electron chi connectivity index (χ0n) is 16.2. The van der Waals surface area contributed by atoms with Crippen LogP contribution in [0.25, 0.3) is 0 Å². The Morgan fingerprint density at radius 2 is 1.82 bits per heavy atom. The molecule has 152 valence electrons. The molecule has 1 heterocycles. The maximum atomic E-state index is 12.8. The number of ketones is 1. The lowest BCUT2D eigenvalue weighted by Gasteiger charge is -2.16. The first-order valence-corrected chi connectivity index (χ1v) is 8.40. The van der Waals surface area contributed by atoms with Crippen molar-refractivity contribution in [3.63, 3.8) is 0 Å². The summed E-state index contributed by atoms with van der Waals surface area (Å²) in [5.41, 5.74) is 1.99. The minimum atomic E-state index is -3.01. The number of ether oxygens (including phenoxy) is 3. The Bertz CT molecular complexity index is 879. The number of esters is 1. The van der Waals surface area contributed by atoms with Crippen LogP contribution >= 0.6 is 0 Å². The number of aromatic amines is 1. The van der Waals surface area contributed by atoms with Crippen LogP contribution in [0.3, 0.4) is 0 Å². The molecule has 1 atom stereocenters. The van der Waals surface area contributed by atoms with Gasteiger partial charge < -0.3 is 24.5 Å². The number of anilines is 1. The van der Waals surface area contributed by atoms with Crippen LogP contribution in [0.4, 0.5) is 14.5 Å². The highest BCUT2D eigenvalue weighted by Gasteiger charge is 2.25. The standard InChI is InChI=1S/C19H22F2N2O5/c1-9-15(18(25)27-5)10(2)23-16(9)17(24)11(3)22-12-6-7-13(26-4)14(8-12)28-19(20)21/h6-8,11,19,22-23H,1-5H3. The van der Waals surface area contributed by atoms with E-state index >= 15 is 0 Å². The lowest BCUT2D eigenvalue weighted by atomic mass is 10.0. The normalized spacial score (nSPS) is 11.9. The molecular weight excluding hydrogens is 374 g/mol. The van der Waals surface area contributed by atoms with E-state index in [-0.39, 0.29) is 23.0 Å². The third kappa shape index (κ3) is 4.41. The van der Waals surface area contributed by atoms with Gasteiger partial charge in [-0.2, -0.15) is 8.78 Å². The van der Waals surface area contributed by atoms with E-state index in [9.17, 15) is 18.4 Å². The van der Waals surface area contributed by atoms with Gasteiger partial charge in [-0.3, -0.25) is 4.79 Å². The van der Waals surface area contributed by atoms with Crippen LogP contribution in [0, 0.1) is 13.8 Å². The second-order valence-electron chi connectivity index (χ2n) is 6.09. The topological polar surface area (TPSA) is 89.7 Å². The van der Waals surface area contributed by atoms with Gasteiger partial charge in [0.1, 0.15) is 0 Å². The molecule has 2 N–H and O–H groups in total. The summed E-state index contributed by atoms with van der Waals surface area (Å²) in [5, 5.41) is 2.94. The first kappa shape index (κ1) is 21.2. The van der Waals surface area contributed by atoms with Crippen molar-refractivity contribution in [2.45, 2.75) is 33.4 Å². The van der Waals surface area contributed by atoms with Gasteiger partial charge in [0.15, 0.2) is 11.5 Å². The fourth-order valence-corrected chi connectivity index (χ4v) is 2.89. The molecule has 0 saturated carbocycles. The fourth-order valence-electron chi connectivity index (χ4n) is 2.89. The number of aromatic nitrogens is 1. The molecule has 7 nitrogen and oxygen atoms in total. The summed E-state index contributed by atoms with van der Waals surface area (Å²) in [6, 6.07) is 3.64. The zero-order valence-corrected chi connectivity index (χ0v) is 16.2. The van der Waals surface area contributed by atoms with E-state index in [1.807, 2.05) is 0 Å². The van der Waals surface area contributed by atoms with Gasteiger partial charge in [-0.15, -0.1) is 0 Å². The number of hydrogen-bond donors (Lipinski definition) is 2. The molecule has 0 saturated heterocycles. The number of benzene rings is 1. The predicted octanol–water partition coefficient (Wildman–Crippen LogP) is 3.71. The molecule has 0 spiro atoms. The third-order valence-corrected chi connectivity index (χ3v) is 4.23. The number of halogens is 2. The Kier molecular flexibility index (Phi) is 6.61. The summed E-state index contributed by atoms with van der Waals surface area (Å²) < 4.78 is 39.3. The summed E-state index contributed by atoms with van der Waals surface area (Å²) >= 11 is 0. The summed E-state index contributed by atoms with van der Waals surface area (Å²) in [7, 11) is 2.60. The van der Waals surface area contributed by atoms with Crippen LogP contribution in [-0.2, 0) is 4.74 Å².